The largest absolute Gasteiger partial charge is 0.444 e. The number of carbonyl (C=O) groups is 1. The first-order chi connectivity index (χ1) is 16.3. The van der Waals surface area contributed by atoms with Crippen LogP contribution in [0.4, 0.5) is 9.18 Å². The molecule has 35 heavy (non-hydrogen) atoms. The van der Waals surface area contributed by atoms with Crippen LogP contribution in [0.1, 0.15) is 39.7 Å². The number of sulfone groups is 1. The molecule has 1 amide bonds. The van der Waals surface area contributed by atoms with Crippen LogP contribution in [0, 0.1) is 17.7 Å². The highest BCUT2D eigenvalue weighted by atomic mass is 32.2. The van der Waals surface area contributed by atoms with Crippen molar-refractivity contribution in [3.8, 4) is 11.4 Å². The Morgan fingerprint density at radius 1 is 1.23 bits per heavy atom. The molecule has 2 saturated heterocycles. The van der Waals surface area contributed by atoms with Gasteiger partial charge in [0.1, 0.15) is 22.4 Å². The third-order valence-corrected chi connectivity index (χ3v) is 7.02. The van der Waals surface area contributed by atoms with E-state index in [1.54, 1.807) is 11.8 Å². The summed E-state index contributed by atoms with van der Waals surface area (Å²) in [6.45, 7) is 9.08. The number of benzene rings is 1. The monoisotopic (exact) mass is 511 g/mol. The number of nitrogens with zero attached hydrogens (tertiary/aromatic N) is 3. The summed E-state index contributed by atoms with van der Waals surface area (Å²) in [4.78, 5) is 18.2. The standard InChI is InChI=1S/C23H30FN3O7S/c1-13(21-25-20(26-34-21)14-6-7-18(17(24)8-14)35(5,29)30)32-19-15-9-27(10-16(19)12-31-11-15)22(28)33-23(2,3)4/h6-8,13,15-16,19H,9-12H2,1-5H3/t13-,15?,16?,19?/m0/s1. The van der Waals surface area contributed by atoms with Crippen molar-refractivity contribution in [1.82, 2.24) is 15.0 Å². The molecule has 0 aliphatic carbocycles. The average Bonchev–Trinajstić information content (AvgIpc) is 3.21. The summed E-state index contributed by atoms with van der Waals surface area (Å²) in [5.74, 6) is -0.640. The number of fused-ring (bicyclic) bond motifs is 2. The normalized spacial score (nSPS) is 23.7. The summed E-state index contributed by atoms with van der Waals surface area (Å²) in [6.07, 6.45) is -0.150. The Balaban J connectivity index is 1.44. The van der Waals surface area contributed by atoms with Gasteiger partial charge in [-0.05, 0) is 45.9 Å². The second-order valence-corrected chi connectivity index (χ2v) is 12.0. The smallest absolute Gasteiger partial charge is 0.410 e. The fraction of sp³-hybridized carbons (Fsp3) is 0.609. The average molecular weight is 512 g/mol. The van der Waals surface area contributed by atoms with Gasteiger partial charge in [-0.2, -0.15) is 4.98 Å². The van der Waals surface area contributed by atoms with Gasteiger partial charge in [0.25, 0.3) is 5.89 Å². The van der Waals surface area contributed by atoms with Gasteiger partial charge < -0.3 is 23.6 Å². The molecule has 0 saturated carbocycles. The van der Waals surface area contributed by atoms with E-state index in [1.165, 1.54) is 12.1 Å². The molecule has 2 fully saturated rings. The maximum atomic E-state index is 14.3. The molecule has 4 rings (SSSR count). The number of likely N-dealkylation sites (tertiary alicyclic amines) is 1. The fourth-order valence-electron chi connectivity index (χ4n) is 4.35. The van der Waals surface area contributed by atoms with Gasteiger partial charge in [-0.25, -0.2) is 17.6 Å². The Morgan fingerprint density at radius 3 is 2.46 bits per heavy atom. The first kappa shape index (κ1) is 25.5. The topological polar surface area (TPSA) is 121 Å². The zero-order chi connectivity index (χ0) is 25.5. The highest BCUT2D eigenvalue weighted by Crippen LogP contribution is 2.34. The maximum Gasteiger partial charge on any atom is 0.410 e. The summed E-state index contributed by atoms with van der Waals surface area (Å²) < 4.78 is 60.4. The predicted molar refractivity (Wildman–Crippen MR) is 122 cm³/mol. The molecule has 2 aromatic rings. The molecule has 1 aromatic heterocycles. The molecule has 3 atom stereocenters. The van der Waals surface area contributed by atoms with Crippen LogP contribution < -0.4 is 0 Å². The maximum absolute atomic E-state index is 14.3. The van der Waals surface area contributed by atoms with Gasteiger partial charge in [0.2, 0.25) is 5.82 Å². The first-order valence-electron chi connectivity index (χ1n) is 11.4. The van der Waals surface area contributed by atoms with Crippen molar-refractivity contribution in [1.29, 1.82) is 0 Å². The number of hydrogen-bond acceptors (Lipinski definition) is 9. The van der Waals surface area contributed by atoms with E-state index in [0.717, 1.165) is 12.3 Å². The molecular weight excluding hydrogens is 481 g/mol. The highest BCUT2D eigenvalue weighted by Gasteiger charge is 2.44. The molecule has 2 aliphatic rings. The van der Waals surface area contributed by atoms with Gasteiger partial charge in [0.05, 0.1) is 19.3 Å². The van der Waals surface area contributed by atoms with Crippen molar-refractivity contribution < 1.29 is 36.3 Å². The Labute approximate surface area is 203 Å². The van der Waals surface area contributed by atoms with Gasteiger partial charge in [-0.1, -0.05) is 5.16 Å². The number of ether oxygens (including phenoxy) is 3. The number of carbonyl (C=O) groups excluding carboxylic acids is 1. The molecular formula is C23H30FN3O7S. The van der Waals surface area contributed by atoms with Gasteiger partial charge in [0.15, 0.2) is 9.84 Å². The van der Waals surface area contributed by atoms with Crippen molar-refractivity contribution in [2.75, 3.05) is 32.6 Å². The zero-order valence-corrected chi connectivity index (χ0v) is 21.2. The summed E-state index contributed by atoms with van der Waals surface area (Å²) >= 11 is 0. The van der Waals surface area contributed by atoms with Crippen LogP contribution in [0.5, 0.6) is 0 Å². The van der Waals surface area contributed by atoms with Crippen molar-refractivity contribution in [3.05, 3.63) is 29.9 Å². The lowest BCUT2D eigenvalue weighted by Gasteiger charge is -2.47. The molecule has 12 heteroatoms. The van der Waals surface area contributed by atoms with Crippen molar-refractivity contribution in [2.45, 2.75) is 50.4 Å². The van der Waals surface area contributed by atoms with Crippen LogP contribution in [-0.2, 0) is 24.0 Å². The third-order valence-electron chi connectivity index (χ3n) is 5.89. The van der Waals surface area contributed by atoms with Gasteiger partial charge in [-0.15, -0.1) is 0 Å². The van der Waals surface area contributed by atoms with Crippen LogP contribution in [0.2, 0.25) is 0 Å². The van der Waals surface area contributed by atoms with Crippen LogP contribution in [0.25, 0.3) is 11.4 Å². The number of rotatable bonds is 5. The Bertz CT molecular complexity index is 1180. The second kappa shape index (κ2) is 9.47. The third kappa shape index (κ3) is 5.81. The van der Waals surface area contributed by atoms with E-state index in [1.807, 2.05) is 20.8 Å². The predicted octanol–water partition coefficient (Wildman–Crippen LogP) is 3.24. The van der Waals surface area contributed by atoms with Crippen molar-refractivity contribution >= 4 is 15.9 Å². The van der Waals surface area contributed by atoms with E-state index >= 15 is 0 Å². The lowest BCUT2D eigenvalue weighted by atomic mass is 9.84. The Kier molecular flexibility index (Phi) is 6.91. The fourth-order valence-corrected chi connectivity index (χ4v) is 5.08. The SMILES string of the molecule is C[C@H](OC1C2COCC1CN(C(=O)OC(C)(C)C)C2)c1nc(-c2ccc(S(C)(=O)=O)c(F)c2)no1. The number of amides is 1. The number of hydrogen-bond donors (Lipinski definition) is 0. The minimum atomic E-state index is -3.69. The molecule has 2 bridgehead atoms. The minimum Gasteiger partial charge on any atom is -0.444 e. The van der Waals surface area contributed by atoms with Gasteiger partial charge >= 0.3 is 6.09 Å². The van der Waals surface area contributed by atoms with E-state index in [4.69, 9.17) is 18.7 Å². The molecule has 1 aromatic carbocycles. The molecule has 0 N–H and O–H groups in total. The Hall–Kier alpha value is -2.57. The van der Waals surface area contributed by atoms with E-state index in [0.29, 0.717) is 26.3 Å². The van der Waals surface area contributed by atoms with E-state index in [2.05, 4.69) is 10.1 Å². The summed E-state index contributed by atoms with van der Waals surface area (Å²) in [5, 5.41) is 3.90. The van der Waals surface area contributed by atoms with Crippen LogP contribution >= 0.6 is 0 Å². The van der Waals surface area contributed by atoms with Crippen molar-refractivity contribution in [2.24, 2.45) is 11.8 Å². The minimum absolute atomic E-state index is 0.0440. The lowest BCUT2D eigenvalue weighted by Crippen LogP contribution is -2.58. The Morgan fingerprint density at radius 2 is 1.89 bits per heavy atom. The quantitative estimate of drug-likeness (QED) is 0.595. The molecule has 2 aliphatic heterocycles. The number of halogens is 1. The number of aromatic nitrogens is 2. The summed E-state index contributed by atoms with van der Waals surface area (Å²) in [6, 6.07) is 3.66. The zero-order valence-electron chi connectivity index (χ0n) is 20.4. The van der Waals surface area contributed by atoms with E-state index in [-0.39, 0.29) is 41.3 Å². The van der Waals surface area contributed by atoms with E-state index < -0.39 is 32.3 Å². The molecule has 10 nitrogen and oxygen atoms in total. The van der Waals surface area contributed by atoms with Crippen molar-refractivity contribution in [3.63, 3.8) is 0 Å². The molecule has 0 radical (unpaired) electrons. The summed E-state index contributed by atoms with van der Waals surface area (Å²) in [7, 11) is -3.69. The molecule has 2 unspecified atom stereocenters. The molecule has 3 heterocycles. The molecule has 192 valence electrons. The lowest BCUT2D eigenvalue weighted by molar-refractivity contribution is -0.168. The van der Waals surface area contributed by atoms with Gasteiger partial charge in [-0.3, -0.25) is 0 Å². The van der Waals surface area contributed by atoms with Crippen LogP contribution in [-0.4, -0.2) is 73.8 Å². The van der Waals surface area contributed by atoms with Gasteiger partial charge in [0, 0.05) is 36.7 Å². The molecule has 0 spiro atoms. The second-order valence-electron chi connectivity index (χ2n) is 10.1. The summed E-state index contributed by atoms with van der Waals surface area (Å²) in [5.41, 5.74) is -0.290. The van der Waals surface area contributed by atoms with Crippen LogP contribution in [0.15, 0.2) is 27.6 Å². The first-order valence-corrected chi connectivity index (χ1v) is 13.3. The highest BCUT2D eigenvalue weighted by molar-refractivity contribution is 7.90. The number of piperidine rings is 1. The van der Waals surface area contributed by atoms with E-state index in [9.17, 15) is 17.6 Å². The van der Waals surface area contributed by atoms with Crippen LogP contribution in [0.3, 0.4) is 0 Å².